The van der Waals surface area contributed by atoms with E-state index in [9.17, 15) is 0 Å². The van der Waals surface area contributed by atoms with Gasteiger partial charge >= 0.3 is 0 Å². The van der Waals surface area contributed by atoms with Gasteiger partial charge in [-0.25, -0.2) is 0 Å². The molecule has 17 heavy (non-hydrogen) atoms. The van der Waals surface area contributed by atoms with E-state index < -0.39 is 0 Å². The van der Waals surface area contributed by atoms with Crippen LogP contribution in [-0.4, -0.2) is 11.7 Å². The number of hydrogen-bond donors (Lipinski definition) is 1. The Labute approximate surface area is 102 Å². The zero-order valence-corrected chi connectivity index (χ0v) is 9.71. The number of benzene rings is 1. The van der Waals surface area contributed by atoms with Gasteiger partial charge in [-0.1, -0.05) is 54.6 Å². The Morgan fingerprint density at radius 3 is 2.59 bits per heavy atom. The first-order chi connectivity index (χ1) is 8.40. The van der Waals surface area contributed by atoms with E-state index in [1.807, 2.05) is 0 Å². The molecule has 1 nitrogen and oxygen atoms in total. The standard InChI is InChI=1S/C16H16O/c17-10-9-13-11-16(12-5-1-2-6-12)15-8-4-3-7-14(13)15/h1-8,11-12,16-17H,9-10H2. The molecule has 1 N–H and O–H groups in total. The lowest BCUT2D eigenvalue weighted by Gasteiger charge is -2.14. The van der Waals surface area contributed by atoms with Gasteiger partial charge in [0.15, 0.2) is 0 Å². The van der Waals surface area contributed by atoms with Gasteiger partial charge < -0.3 is 5.11 Å². The van der Waals surface area contributed by atoms with Crippen LogP contribution in [0.1, 0.15) is 23.5 Å². The van der Waals surface area contributed by atoms with Crippen LogP contribution in [0.15, 0.2) is 54.6 Å². The number of rotatable bonds is 3. The minimum atomic E-state index is 0.225. The summed E-state index contributed by atoms with van der Waals surface area (Å²) in [5.41, 5.74) is 4.01. The highest BCUT2D eigenvalue weighted by atomic mass is 16.2. The quantitative estimate of drug-likeness (QED) is 0.835. The lowest BCUT2D eigenvalue weighted by atomic mass is 9.89. The third-order valence-electron chi connectivity index (χ3n) is 3.62. The molecule has 1 aromatic carbocycles. The molecule has 1 unspecified atom stereocenters. The van der Waals surface area contributed by atoms with Crippen LogP contribution in [0.2, 0.25) is 0 Å². The van der Waals surface area contributed by atoms with Crippen LogP contribution in [0.4, 0.5) is 0 Å². The summed E-state index contributed by atoms with van der Waals surface area (Å²) in [5, 5.41) is 9.14. The molecule has 1 atom stereocenters. The average molecular weight is 224 g/mol. The van der Waals surface area contributed by atoms with E-state index in [2.05, 4.69) is 54.6 Å². The number of hydrogen-bond acceptors (Lipinski definition) is 1. The molecule has 0 fully saturated rings. The minimum absolute atomic E-state index is 0.225. The van der Waals surface area contributed by atoms with Crippen molar-refractivity contribution in [1.82, 2.24) is 0 Å². The molecule has 86 valence electrons. The van der Waals surface area contributed by atoms with Gasteiger partial charge in [0.2, 0.25) is 0 Å². The highest BCUT2D eigenvalue weighted by molar-refractivity contribution is 5.75. The second kappa shape index (κ2) is 4.34. The van der Waals surface area contributed by atoms with Crippen molar-refractivity contribution in [3.05, 3.63) is 65.8 Å². The van der Waals surface area contributed by atoms with Crippen molar-refractivity contribution in [3.63, 3.8) is 0 Å². The number of aliphatic hydroxyl groups excluding tert-OH is 1. The van der Waals surface area contributed by atoms with Crippen molar-refractivity contribution in [2.75, 3.05) is 6.61 Å². The molecular weight excluding hydrogens is 208 g/mol. The lowest BCUT2D eigenvalue weighted by Crippen LogP contribution is -2.02. The Balaban J connectivity index is 2.00. The molecular formula is C16H16O. The molecule has 0 spiro atoms. The first-order valence-electron chi connectivity index (χ1n) is 6.16. The number of aliphatic hydroxyl groups is 1. The fourth-order valence-electron chi connectivity index (χ4n) is 2.82. The average Bonchev–Trinajstić information content (AvgIpc) is 2.97. The largest absolute Gasteiger partial charge is 0.396 e. The Bertz CT molecular complexity index is 496. The summed E-state index contributed by atoms with van der Waals surface area (Å²) in [4.78, 5) is 0. The lowest BCUT2D eigenvalue weighted by molar-refractivity contribution is 0.305. The Morgan fingerprint density at radius 1 is 1.06 bits per heavy atom. The molecule has 0 amide bonds. The zero-order valence-electron chi connectivity index (χ0n) is 9.71. The Hall–Kier alpha value is -1.60. The van der Waals surface area contributed by atoms with Gasteiger partial charge in [-0.15, -0.1) is 0 Å². The predicted molar refractivity (Wildman–Crippen MR) is 70.6 cm³/mol. The third-order valence-corrected chi connectivity index (χ3v) is 3.62. The van der Waals surface area contributed by atoms with Gasteiger partial charge in [-0.2, -0.15) is 0 Å². The fraction of sp³-hybridized carbons (Fsp3) is 0.250. The topological polar surface area (TPSA) is 20.2 Å². The van der Waals surface area contributed by atoms with Gasteiger partial charge in [0, 0.05) is 18.4 Å². The molecule has 0 radical (unpaired) electrons. The molecule has 0 saturated heterocycles. The summed E-state index contributed by atoms with van der Waals surface area (Å²) in [6.45, 7) is 0.225. The summed E-state index contributed by atoms with van der Waals surface area (Å²) in [6, 6.07) is 8.55. The molecule has 2 aliphatic rings. The van der Waals surface area contributed by atoms with E-state index >= 15 is 0 Å². The maximum Gasteiger partial charge on any atom is 0.0471 e. The highest BCUT2D eigenvalue weighted by Crippen LogP contribution is 2.42. The van der Waals surface area contributed by atoms with Crippen LogP contribution < -0.4 is 0 Å². The predicted octanol–water partition coefficient (Wildman–Crippen LogP) is 3.29. The SMILES string of the molecule is OCCC1=CC(C2C=CC=C2)c2ccccc21. The van der Waals surface area contributed by atoms with Crippen molar-refractivity contribution in [2.24, 2.45) is 5.92 Å². The molecule has 1 heteroatoms. The van der Waals surface area contributed by atoms with E-state index in [1.165, 1.54) is 16.7 Å². The molecule has 3 rings (SSSR count). The van der Waals surface area contributed by atoms with E-state index in [4.69, 9.17) is 5.11 Å². The van der Waals surface area contributed by atoms with Crippen LogP contribution in [0.25, 0.3) is 5.57 Å². The Morgan fingerprint density at radius 2 is 1.82 bits per heavy atom. The molecule has 0 bridgehead atoms. The molecule has 0 aromatic heterocycles. The fourth-order valence-corrected chi connectivity index (χ4v) is 2.82. The first-order valence-corrected chi connectivity index (χ1v) is 6.16. The van der Waals surface area contributed by atoms with Gasteiger partial charge in [-0.3, -0.25) is 0 Å². The van der Waals surface area contributed by atoms with Crippen molar-refractivity contribution in [3.8, 4) is 0 Å². The minimum Gasteiger partial charge on any atom is -0.396 e. The third kappa shape index (κ3) is 1.77. The zero-order chi connectivity index (χ0) is 11.7. The van der Waals surface area contributed by atoms with Gasteiger partial charge in [0.1, 0.15) is 0 Å². The summed E-state index contributed by atoms with van der Waals surface area (Å²) >= 11 is 0. The first kappa shape index (κ1) is 10.5. The molecule has 2 aliphatic carbocycles. The summed E-state index contributed by atoms with van der Waals surface area (Å²) in [7, 11) is 0. The van der Waals surface area contributed by atoms with Crippen molar-refractivity contribution < 1.29 is 5.11 Å². The van der Waals surface area contributed by atoms with Crippen LogP contribution in [0.3, 0.4) is 0 Å². The summed E-state index contributed by atoms with van der Waals surface area (Å²) < 4.78 is 0. The molecule has 0 heterocycles. The normalized spacial score (nSPS) is 21.9. The van der Waals surface area contributed by atoms with E-state index in [0.717, 1.165) is 6.42 Å². The van der Waals surface area contributed by atoms with Crippen molar-refractivity contribution >= 4 is 5.57 Å². The number of allylic oxidation sites excluding steroid dienone is 5. The van der Waals surface area contributed by atoms with Crippen molar-refractivity contribution in [2.45, 2.75) is 12.3 Å². The van der Waals surface area contributed by atoms with Crippen LogP contribution in [-0.2, 0) is 0 Å². The van der Waals surface area contributed by atoms with Gasteiger partial charge in [0.05, 0.1) is 0 Å². The van der Waals surface area contributed by atoms with Crippen LogP contribution in [0.5, 0.6) is 0 Å². The van der Waals surface area contributed by atoms with Crippen LogP contribution >= 0.6 is 0 Å². The van der Waals surface area contributed by atoms with Gasteiger partial charge in [0.25, 0.3) is 0 Å². The maximum atomic E-state index is 9.14. The maximum absolute atomic E-state index is 9.14. The van der Waals surface area contributed by atoms with Crippen molar-refractivity contribution in [1.29, 1.82) is 0 Å². The van der Waals surface area contributed by atoms with E-state index in [1.54, 1.807) is 0 Å². The monoisotopic (exact) mass is 224 g/mol. The Kier molecular flexibility index (Phi) is 2.69. The van der Waals surface area contributed by atoms with E-state index in [0.29, 0.717) is 11.8 Å². The highest BCUT2D eigenvalue weighted by Gasteiger charge is 2.27. The van der Waals surface area contributed by atoms with Crippen LogP contribution in [0, 0.1) is 5.92 Å². The van der Waals surface area contributed by atoms with E-state index in [-0.39, 0.29) is 6.61 Å². The molecule has 0 saturated carbocycles. The number of fused-ring (bicyclic) bond motifs is 1. The smallest absolute Gasteiger partial charge is 0.0471 e. The second-order valence-electron chi connectivity index (χ2n) is 4.63. The molecule has 0 aliphatic heterocycles. The summed E-state index contributed by atoms with van der Waals surface area (Å²) in [5.74, 6) is 0.926. The van der Waals surface area contributed by atoms with Gasteiger partial charge in [-0.05, 0) is 23.1 Å². The second-order valence-corrected chi connectivity index (χ2v) is 4.63. The molecule has 1 aromatic rings. The summed E-state index contributed by atoms with van der Waals surface area (Å²) in [6.07, 6.45) is 11.8.